The van der Waals surface area contributed by atoms with E-state index in [9.17, 15) is 4.79 Å². The highest BCUT2D eigenvalue weighted by Crippen LogP contribution is 2.42. The number of hydrogen-bond donors (Lipinski definition) is 1. The van der Waals surface area contributed by atoms with Crippen LogP contribution in [0.2, 0.25) is 36.3 Å². The predicted octanol–water partition coefficient (Wildman–Crippen LogP) is 4.99. The summed E-state index contributed by atoms with van der Waals surface area (Å²) in [5.74, 6) is -0.223. The summed E-state index contributed by atoms with van der Waals surface area (Å²) < 4.78 is 33.7. The Hall–Kier alpha value is -0.286. The van der Waals surface area contributed by atoms with Crippen LogP contribution in [0.1, 0.15) is 55.4 Å². The zero-order valence-electron chi connectivity index (χ0n) is 19.9. The van der Waals surface area contributed by atoms with Crippen LogP contribution in [-0.2, 0) is 18.4 Å². The third-order valence-electron chi connectivity index (χ3n) is 6.62. The van der Waals surface area contributed by atoms with Crippen LogP contribution >= 0.6 is 0 Å². The average Bonchev–Trinajstić information content (AvgIpc) is 2.44. The Labute approximate surface area is 173 Å². The maximum Gasteiger partial charge on any atom is 0.226 e. The number of rotatable bonds is 5. The summed E-state index contributed by atoms with van der Waals surface area (Å²) >= 11 is 0. The van der Waals surface area contributed by atoms with E-state index in [-0.39, 0.29) is 16.0 Å². The van der Waals surface area contributed by atoms with Gasteiger partial charge in [-0.15, -0.1) is 0 Å². The van der Waals surface area contributed by atoms with Crippen molar-refractivity contribution in [2.75, 3.05) is 0 Å². The van der Waals surface area contributed by atoms with Gasteiger partial charge >= 0.3 is 0 Å². The molecule has 0 spiro atoms. The number of carbonyl (C=O) groups excluding carboxylic acids is 1. The molecule has 1 rings (SSSR count). The number of nitrogens with one attached hydrogen (secondary N) is 1. The second kappa shape index (κ2) is 8.45. The first-order valence-corrected chi connectivity index (χ1v) is 16.0. The number of carbonyl (C=O) groups is 1. The quantitative estimate of drug-likeness (QED) is 0.618. The van der Waals surface area contributed by atoms with Crippen molar-refractivity contribution in [3.8, 4) is 0 Å². The molecule has 166 valence electrons. The van der Waals surface area contributed by atoms with E-state index in [0.717, 1.165) is 0 Å². The molecule has 1 saturated heterocycles. The molecular weight excluding hydrogens is 393 g/mol. The van der Waals surface area contributed by atoms with Crippen molar-refractivity contribution >= 4 is 22.5 Å². The van der Waals surface area contributed by atoms with E-state index in [1.54, 1.807) is 0 Å². The van der Waals surface area contributed by atoms with Crippen molar-refractivity contribution in [1.82, 2.24) is 5.32 Å². The normalized spacial score (nSPS) is 30.2. The Morgan fingerprint density at radius 2 is 1.32 bits per heavy atom. The molecule has 0 bridgehead atoms. The molecule has 5 nitrogen and oxygen atoms in total. The number of halogens is 1. The standard InChI is InChI=1S/C20H42FNO4Si2/c1-13-16(25-27(9,10)19(3,4)5)15(22-14(2)23)17(18(21)24-13)26-28(11,12)20(6,7)8/h13,15-18H,1-12H3,(H,22,23)/t13-,15+,16-,17+,18+/m1/s1. The summed E-state index contributed by atoms with van der Waals surface area (Å²) in [6.07, 6.45) is -3.46. The predicted molar refractivity (Wildman–Crippen MR) is 117 cm³/mol. The number of amides is 1. The molecule has 1 heterocycles. The highest BCUT2D eigenvalue weighted by molar-refractivity contribution is 6.74. The third-order valence-corrected chi connectivity index (χ3v) is 15.6. The molecule has 0 radical (unpaired) electrons. The second-order valence-electron chi connectivity index (χ2n) is 11.1. The first-order chi connectivity index (χ1) is 12.3. The van der Waals surface area contributed by atoms with Gasteiger partial charge in [0.1, 0.15) is 6.10 Å². The van der Waals surface area contributed by atoms with Crippen molar-refractivity contribution in [1.29, 1.82) is 0 Å². The topological polar surface area (TPSA) is 56.8 Å². The van der Waals surface area contributed by atoms with Crippen LogP contribution in [0.5, 0.6) is 0 Å². The molecule has 0 aliphatic carbocycles. The summed E-state index contributed by atoms with van der Waals surface area (Å²) in [5.41, 5.74) is 0. The monoisotopic (exact) mass is 435 g/mol. The summed E-state index contributed by atoms with van der Waals surface area (Å²) in [6, 6.07) is -0.598. The fraction of sp³-hybridized carbons (Fsp3) is 0.950. The Morgan fingerprint density at radius 1 is 0.929 bits per heavy atom. The molecule has 1 amide bonds. The Balaban J connectivity index is 3.29. The lowest BCUT2D eigenvalue weighted by Gasteiger charge is -2.50. The molecule has 1 fully saturated rings. The van der Waals surface area contributed by atoms with Gasteiger partial charge in [0.25, 0.3) is 0 Å². The van der Waals surface area contributed by atoms with Crippen LogP contribution in [0.3, 0.4) is 0 Å². The van der Waals surface area contributed by atoms with Crippen LogP contribution in [0.4, 0.5) is 4.39 Å². The van der Waals surface area contributed by atoms with E-state index in [2.05, 4.69) is 73.0 Å². The van der Waals surface area contributed by atoms with Gasteiger partial charge in [-0.2, -0.15) is 0 Å². The largest absolute Gasteiger partial charge is 0.409 e. The van der Waals surface area contributed by atoms with Gasteiger partial charge in [-0.05, 0) is 43.2 Å². The van der Waals surface area contributed by atoms with Gasteiger partial charge in [0, 0.05) is 6.92 Å². The highest BCUT2D eigenvalue weighted by Gasteiger charge is 2.53. The zero-order chi connectivity index (χ0) is 22.3. The fourth-order valence-electron chi connectivity index (χ4n) is 2.73. The van der Waals surface area contributed by atoms with Crippen molar-refractivity contribution in [3.05, 3.63) is 0 Å². The van der Waals surface area contributed by atoms with Gasteiger partial charge in [0.05, 0.1) is 18.2 Å². The van der Waals surface area contributed by atoms with Crippen LogP contribution in [0.15, 0.2) is 0 Å². The molecule has 0 saturated carbocycles. The summed E-state index contributed by atoms with van der Waals surface area (Å²) in [5, 5.41) is 2.82. The zero-order valence-corrected chi connectivity index (χ0v) is 21.9. The van der Waals surface area contributed by atoms with E-state index in [1.165, 1.54) is 6.92 Å². The molecular formula is C20H42FNO4Si2. The average molecular weight is 436 g/mol. The first kappa shape index (κ1) is 25.7. The lowest BCUT2D eigenvalue weighted by Crippen LogP contribution is -2.67. The maximum atomic E-state index is 15.0. The molecule has 5 atom stereocenters. The maximum absolute atomic E-state index is 15.0. The van der Waals surface area contributed by atoms with Crippen molar-refractivity contribution in [3.63, 3.8) is 0 Å². The Kier molecular flexibility index (Phi) is 7.77. The molecule has 28 heavy (non-hydrogen) atoms. The molecule has 1 aliphatic rings. The van der Waals surface area contributed by atoms with Crippen molar-refractivity contribution < 1.29 is 22.8 Å². The summed E-state index contributed by atoms with van der Waals surface area (Å²) in [4.78, 5) is 12.0. The van der Waals surface area contributed by atoms with E-state index in [4.69, 9.17) is 13.6 Å². The fourth-order valence-corrected chi connectivity index (χ4v) is 5.39. The SMILES string of the molecule is CC(=O)N[C@H]1[C@H](O[Si](C)(C)C(C)(C)C)[C@@H](C)O[C@H](F)[C@H]1O[Si](C)(C)C(C)(C)C. The number of ether oxygens (including phenoxy) is 1. The molecule has 8 heteroatoms. The van der Waals surface area contributed by atoms with Gasteiger partial charge in [0.15, 0.2) is 16.6 Å². The molecule has 1 aliphatic heterocycles. The van der Waals surface area contributed by atoms with Gasteiger partial charge in [-0.1, -0.05) is 41.5 Å². The van der Waals surface area contributed by atoms with Gasteiger partial charge in [-0.25, -0.2) is 4.39 Å². The molecule has 0 aromatic rings. The first-order valence-electron chi connectivity index (χ1n) is 10.2. The Bertz CT molecular complexity index is 517. The minimum absolute atomic E-state index is 0.0180. The van der Waals surface area contributed by atoms with Crippen LogP contribution in [-0.4, -0.2) is 53.3 Å². The summed E-state index contributed by atoms with van der Waals surface area (Å²) in [7, 11) is -4.46. The van der Waals surface area contributed by atoms with Crippen LogP contribution in [0.25, 0.3) is 0 Å². The third kappa shape index (κ3) is 5.87. The number of hydrogen-bond acceptors (Lipinski definition) is 4. The minimum atomic E-state index is -2.29. The van der Waals surface area contributed by atoms with E-state index in [0.29, 0.717) is 0 Å². The van der Waals surface area contributed by atoms with Gasteiger partial charge < -0.3 is 18.9 Å². The summed E-state index contributed by atoms with van der Waals surface area (Å²) in [6.45, 7) is 24.5. The van der Waals surface area contributed by atoms with Crippen LogP contribution < -0.4 is 5.32 Å². The van der Waals surface area contributed by atoms with E-state index < -0.39 is 47.3 Å². The van der Waals surface area contributed by atoms with Crippen LogP contribution in [0, 0.1) is 0 Å². The molecule has 0 aromatic heterocycles. The molecule has 0 aromatic carbocycles. The van der Waals surface area contributed by atoms with E-state index in [1.807, 2.05) is 6.92 Å². The number of alkyl halides is 1. The van der Waals surface area contributed by atoms with Crippen molar-refractivity contribution in [2.45, 2.75) is 122 Å². The molecule has 0 unspecified atom stereocenters. The van der Waals surface area contributed by atoms with E-state index >= 15 is 4.39 Å². The van der Waals surface area contributed by atoms with Gasteiger partial charge in [0.2, 0.25) is 12.3 Å². The lowest BCUT2D eigenvalue weighted by atomic mass is 9.97. The smallest absolute Gasteiger partial charge is 0.226 e. The molecule has 1 N–H and O–H groups in total. The second-order valence-corrected chi connectivity index (χ2v) is 20.6. The van der Waals surface area contributed by atoms with Crippen molar-refractivity contribution in [2.24, 2.45) is 0 Å². The minimum Gasteiger partial charge on any atom is -0.409 e. The van der Waals surface area contributed by atoms with Gasteiger partial charge in [-0.3, -0.25) is 4.79 Å². The Morgan fingerprint density at radius 3 is 1.68 bits per heavy atom. The lowest BCUT2D eigenvalue weighted by molar-refractivity contribution is -0.214. The highest BCUT2D eigenvalue weighted by atomic mass is 28.4.